The zero-order chi connectivity index (χ0) is 14.7. The number of aliphatic hydroxyl groups is 1. The second kappa shape index (κ2) is 6.45. The van der Waals surface area contributed by atoms with Crippen LogP contribution in [-0.4, -0.2) is 23.4 Å². The minimum atomic E-state index is -0.207. The van der Waals surface area contributed by atoms with Crippen molar-refractivity contribution in [2.24, 2.45) is 5.92 Å². The summed E-state index contributed by atoms with van der Waals surface area (Å²) in [6.07, 6.45) is 9.33. The molecule has 21 heavy (non-hydrogen) atoms. The molecular weight excluding hydrogens is 267 g/mol. The van der Waals surface area contributed by atoms with Crippen molar-refractivity contribution in [3.8, 4) is 0 Å². The van der Waals surface area contributed by atoms with E-state index in [4.69, 9.17) is 4.74 Å². The first-order valence-corrected chi connectivity index (χ1v) is 8.22. The fourth-order valence-corrected chi connectivity index (χ4v) is 4.00. The molecule has 116 valence electrons. The second-order valence-electron chi connectivity index (χ2n) is 6.78. The molecule has 1 N–H and O–H groups in total. The lowest BCUT2D eigenvalue weighted by atomic mass is 9.92. The average molecular weight is 292 g/mol. The first-order chi connectivity index (χ1) is 10.2. The first kappa shape index (κ1) is 15.0. The van der Waals surface area contributed by atoms with E-state index in [0.29, 0.717) is 6.10 Å². The van der Waals surface area contributed by atoms with Crippen LogP contribution < -0.4 is 0 Å². The van der Waals surface area contributed by atoms with Crippen LogP contribution in [0, 0.1) is 11.7 Å². The Kier molecular flexibility index (Phi) is 4.60. The maximum absolute atomic E-state index is 12.9. The van der Waals surface area contributed by atoms with Gasteiger partial charge >= 0.3 is 0 Å². The van der Waals surface area contributed by atoms with Gasteiger partial charge in [0.2, 0.25) is 0 Å². The highest BCUT2D eigenvalue weighted by atomic mass is 19.1. The predicted octanol–water partition coefficient (Wildman–Crippen LogP) is 3.86. The van der Waals surface area contributed by atoms with E-state index in [9.17, 15) is 9.50 Å². The van der Waals surface area contributed by atoms with Crippen molar-refractivity contribution in [1.29, 1.82) is 0 Å². The van der Waals surface area contributed by atoms with Crippen LogP contribution in [-0.2, 0) is 11.2 Å². The Hall–Kier alpha value is -0.930. The van der Waals surface area contributed by atoms with Crippen LogP contribution in [0.1, 0.15) is 50.5 Å². The van der Waals surface area contributed by atoms with Gasteiger partial charge in [0.25, 0.3) is 0 Å². The Morgan fingerprint density at radius 1 is 1.19 bits per heavy atom. The van der Waals surface area contributed by atoms with Crippen molar-refractivity contribution in [2.75, 3.05) is 6.61 Å². The van der Waals surface area contributed by atoms with E-state index in [0.717, 1.165) is 24.8 Å². The van der Waals surface area contributed by atoms with Crippen LogP contribution in [0.4, 0.5) is 4.39 Å². The molecule has 1 aliphatic carbocycles. The molecule has 2 nitrogen and oxygen atoms in total. The largest absolute Gasteiger partial charge is 0.396 e. The zero-order valence-electron chi connectivity index (χ0n) is 12.6. The number of aliphatic hydroxyl groups excluding tert-OH is 1. The van der Waals surface area contributed by atoms with Crippen molar-refractivity contribution >= 4 is 0 Å². The molecule has 0 bridgehead atoms. The van der Waals surface area contributed by atoms with Gasteiger partial charge in [-0.25, -0.2) is 4.39 Å². The molecule has 3 rings (SSSR count). The summed E-state index contributed by atoms with van der Waals surface area (Å²) in [5.74, 6) is -0.00128. The molecular formula is C18H25FO2. The Morgan fingerprint density at radius 2 is 1.90 bits per heavy atom. The highest BCUT2D eigenvalue weighted by Crippen LogP contribution is 2.44. The minimum absolute atomic E-state index is 0.167. The second-order valence-corrected chi connectivity index (χ2v) is 6.78. The number of ether oxygens (including phenoxy) is 1. The van der Waals surface area contributed by atoms with Crippen LogP contribution in [0.25, 0.3) is 0 Å². The van der Waals surface area contributed by atoms with E-state index >= 15 is 0 Å². The third kappa shape index (κ3) is 3.64. The van der Waals surface area contributed by atoms with Crippen molar-refractivity contribution in [1.82, 2.24) is 0 Å². The molecule has 1 spiro atoms. The number of halogens is 1. The fraction of sp³-hybridized carbons (Fsp3) is 0.667. The lowest BCUT2D eigenvalue weighted by Gasteiger charge is -2.25. The third-order valence-electron chi connectivity index (χ3n) is 5.15. The van der Waals surface area contributed by atoms with Crippen molar-refractivity contribution in [3.05, 3.63) is 35.6 Å². The Bertz CT molecular complexity index is 451. The van der Waals surface area contributed by atoms with Gasteiger partial charge in [0.05, 0.1) is 11.7 Å². The SMILES string of the molecule is OCC(Cc1ccc(F)cc1)CC1CCC2(CCCC2)O1. The van der Waals surface area contributed by atoms with Gasteiger partial charge in [-0.3, -0.25) is 0 Å². The van der Waals surface area contributed by atoms with Crippen LogP contribution in [0.2, 0.25) is 0 Å². The van der Waals surface area contributed by atoms with E-state index in [1.54, 1.807) is 0 Å². The van der Waals surface area contributed by atoms with Gasteiger partial charge in [0, 0.05) is 6.61 Å². The molecule has 0 aromatic heterocycles. The molecule has 0 radical (unpaired) electrons. The van der Waals surface area contributed by atoms with E-state index in [-0.39, 0.29) is 23.9 Å². The monoisotopic (exact) mass is 292 g/mol. The van der Waals surface area contributed by atoms with Gasteiger partial charge < -0.3 is 9.84 Å². The molecule has 1 heterocycles. The Morgan fingerprint density at radius 3 is 2.57 bits per heavy atom. The molecule has 2 atom stereocenters. The maximum atomic E-state index is 12.9. The van der Waals surface area contributed by atoms with Crippen LogP contribution in [0.5, 0.6) is 0 Å². The first-order valence-electron chi connectivity index (χ1n) is 8.22. The third-order valence-corrected chi connectivity index (χ3v) is 5.15. The molecule has 1 saturated carbocycles. The summed E-state index contributed by atoms with van der Waals surface area (Å²) in [5.41, 5.74) is 1.25. The number of benzene rings is 1. The molecule has 2 unspecified atom stereocenters. The fourth-order valence-electron chi connectivity index (χ4n) is 4.00. The standard InChI is InChI=1S/C18H25FO2/c19-16-5-3-14(4-6-16)11-15(13-20)12-17-7-10-18(21-17)8-1-2-9-18/h3-6,15,17,20H,1-2,7-13H2. The van der Waals surface area contributed by atoms with Gasteiger partial charge in [-0.05, 0) is 62.1 Å². The van der Waals surface area contributed by atoms with E-state index in [1.807, 2.05) is 12.1 Å². The summed E-state index contributed by atoms with van der Waals surface area (Å²) in [6, 6.07) is 6.60. The normalized spacial score (nSPS) is 25.5. The smallest absolute Gasteiger partial charge is 0.123 e. The molecule has 1 aromatic carbocycles. The maximum Gasteiger partial charge on any atom is 0.123 e. The number of rotatable bonds is 5. The minimum Gasteiger partial charge on any atom is -0.396 e. The summed E-state index contributed by atoms with van der Waals surface area (Å²) in [4.78, 5) is 0. The van der Waals surface area contributed by atoms with Crippen LogP contribution >= 0.6 is 0 Å². The van der Waals surface area contributed by atoms with Crippen molar-refractivity contribution < 1.29 is 14.2 Å². The van der Waals surface area contributed by atoms with Crippen LogP contribution in [0.3, 0.4) is 0 Å². The molecule has 2 aliphatic rings. The Labute approximate surface area is 126 Å². The van der Waals surface area contributed by atoms with Gasteiger partial charge in [0.15, 0.2) is 0 Å². The average Bonchev–Trinajstić information content (AvgIpc) is 3.11. The van der Waals surface area contributed by atoms with Crippen molar-refractivity contribution in [3.63, 3.8) is 0 Å². The highest BCUT2D eigenvalue weighted by molar-refractivity contribution is 5.16. The highest BCUT2D eigenvalue weighted by Gasteiger charge is 2.42. The van der Waals surface area contributed by atoms with Crippen LogP contribution in [0.15, 0.2) is 24.3 Å². The quantitative estimate of drug-likeness (QED) is 0.893. The van der Waals surface area contributed by atoms with Crippen molar-refractivity contribution in [2.45, 2.75) is 63.1 Å². The lowest BCUT2D eigenvalue weighted by molar-refractivity contribution is -0.0466. The summed E-state index contributed by atoms with van der Waals surface area (Å²) in [5, 5.41) is 9.63. The topological polar surface area (TPSA) is 29.5 Å². The molecule has 0 amide bonds. The molecule has 1 aromatic rings. The van der Waals surface area contributed by atoms with Gasteiger partial charge in [-0.15, -0.1) is 0 Å². The summed E-state index contributed by atoms with van der Waals surface area (Å²) in [6.45, 7) is 0.171. The zero-order valence-corrected chi connectivity index (χ0v) is 12.6. The van der Waals surface area contributed by atoms with Gasteiger partial charge in [-0.1, -0.05) is 25.0 Å². The number of hydrogen-bond donors (Lipinski definition) is 1. The molecule has 2 fully saturated rings. The summed E-state index contributed by atoms with van der Waals surface area (Å²) < 4.78 is 19.3. The van der Waals surface area contributed by atoms with E-state index in [2.05, 4.69) is 0 Å². The summed E-state index contributed by atoms with van der Waals surface area (Å²) in [7, 11) is 0. The number of hydrogen-bond acceptors (Lipinski definition) is 2. The van der Waals surface area contributed by atoms with Gasteiger partial charge in [0.1, 0.15) is 5.82 Å². The molecule has 3 heteroatoms. The van der Waals surface area contributed by atoms with E-state index in [1.165, 1.54) is 44.2 Å². The predicted molar refractivity (Wildman–Crippen MR) is 80.6 cm³/mol. The lowest BCUT2D eigenvalue weighted by Crippen LogP contribution is -2.26. The Balaban J connectivity index is 1.54. The molecule has 1 aliphatic heterocycles. The van der Waals surface area contributed by atoms with Gasteiger partial charge in [-0.2, -0.15) is 0 Å². The molecule has 1 saturated heterocycles. The van der Waals surface area contributed by atoms with E-state index < -0.39 is 0 Å². The summed E-state index contributed by atoms with van der Waals surface area (Å²) >= 11 is 0.